The predicted molar refractivity (Wildman–Crippen MR) is 106 cm³/mol. The van der Waals surface area contributed by atoms with E-state index < -0.39 is 0 Å². The van der Waals surface area contributed by atoms with Crippen LogP contribution in [-0.4, -0.2) is 19.5 Å². The third-order valence-corrected chi connectivity index (χ3v) is 5.02. The van der Waals surface area contributed by atoms with Gasteiger partial charge in [0.15, 0.2) is 0 Å². The summed E-state index contributed by atoms with van der Waals surface area (Å²) in [5.74, 6) is 0. The van der Waals surface area contributed by atoms with Crippen LogP contribution in [0.15, 0.2) is 79.1 Å². The Bertz CT molecular complexity index is 1420. The largest absolute Gasteiger partial charge is 0.339 e. The lowest BCUT2D eigenvalue weighted by Crippen LogP contribution is -1.94. The molecule has 4 aromatic heterocycles. The molecule has 122 valence electrons. The molecule has 6 rings (SSSR count). The fourth-order valence-corrected chi connectivity index (χ4v) is 3.95. The topological polar surface area (TPSA) is 46.5 Å². The maximum atomic E-state index is 4.69. The van der Waals surface area contributed by atoms with Crippen LogP contribution >= 0.6 is 0 Å². The molecule has 0 fully saturated rings. The van der Waals surface area contributed by atoms with Gasteiger partial charge in [-0.3, -0.25) is 4.98 Å². The summed E-state index contributed by atoms with van der Waals surface area (Å²) in [5.41, 5.74) is 6.34. The van der Waals surface area contributed by atoms with E-state index >= 15 is 0 Å². The predicted octanol–water partition coefficient (Wildman–Crippen LogP) is 5.21. The number of aromatic nitrogens is 4. The van der Waals surface area contributed by atoms with Crippen LogP contribution in [0.1, 0.15) is 0 Å². The van der Waals surface area contributed by atoms with Gasteiger partial charge in [0.25, 0.3) is 0 Å². The van der Waals surface area contributed by atoms with Crippen LogP contribution < -0.4 is 0 Å². The zero-order chi connectivity index (χ0) is 17.1. The van der Waals surface area contributed by atoms with E-state index in [-0.39, 0.29) is 0 Å². The van der Waals surface area contributed by atoms with Crippen molar-refractivity contribution < 1.29 is 0 Å². The summed E-state index contributed by atoms with van der Waals surface area (Å²) in [6.45, 7) is 0. The van der Waals surface area contributed by atoms with E-state index in [1.54, 1.807) is 0 Å². The van der Waals surface area contributed by atoms with Crippen LogP contribution in [-0.2, 0) is 0 Å². The average molecular weight is 334 g/mol. The molecule has 0 aliphatic carbocycles. The zero-order valence-corrected chi connectivity index (χ0v) is 13.8. The highest BCUT2D eigenvalue weighted by Crippen LogP contribution is 2.37. The van der Waals surface area contributed by atoms with Gasteiger partial charge in [0.1, 0.15) is 5.65 Å². The molecule has 6 aromatic rings. The highest BCUT2D eigenvalue weighted by Gasteiger charge is 2.18. The van der Waals surface area contributed by atoms with Gasteiger partial charge in [-0.15, -0.1) is 0 Å². The Morgan fingerprint density at radius 2 is 1.62 bits per heavy atom. The molecule has 0 spiro atoms. The van der Waals surface area contributed by atoms with Crippen molar-refractivity contribution in [3.8, 4) is 5.69 Å². The van der Waals surface area contributed by atoms with E-state index in [0.717, 1.165) is 44.2 Å². The highest BCUT2D eigenvalue weighted by atomic mass is 15.0. The van der Waals surface area contributed by atoms with E-state index in [0.29, 0.717) is 0 Å². The van der Waals surface area contributed by atoms with Gasteiger partial charge in [0.05, 0.1) is 21.9 Å². The first-order valence-corrected chi connectivity index (χ1v) is 8.62. The molecule has 0 saturated carbocycles. The van der Waals surface area contributed by atoms with E-state index in [9.17, 15) is 0 Å². The van der Waals surface area contributed by atoms with E-state index in [1.165, 1.54) is 5.39 Å². The Labute approximate surface area is 148 Å². The van der Waals surface area contributed by atoms with Gasteiger partial charge in [-0.1, -0.05) is 36.4 Å². The quantitative estimate of drug-likeness (QED) is 0.449. The maximum Gasteiger partial charge on any atom is 0.140 e. The normalized spacial score (nSPS) is 11.8. The Balaban J connectivity index is 1.96. The van der Waals surface area contributed by atoms with Gasteiger partial charge in [0, 0.05) is 34.4 Å². The first-order chi connectivity index (χ1) is 12.9. The number of aromatic amines is 1. The molecule has 4 nitrogen and oxygen atoms in total. The molecule has 0 atom stereocenters. The summed E-state index contributed by atoms with van der Waals surface area (Å²) in [6.07, 6.45) is 3.78. The molecule has 26 heavy (non-hydrogen) atoms. The Kier molecular flexibility index (Phi) is 2.58. The molecule has 0 radical (unpaired) electrons. The highest BCUT2D eigenvalue weighted by molar-refractivity contribution is 6.23. The van der Waals surface area contributed by atoms with E-state index in [1.807, 2.05) is 30.6 Å². The lowest BCUT2D eigenvalue weighted by molar-refractivity contribution is 1.18. The maximum absolute atomic E-state index is 4.69. The third kappa shape index (κ3) is 1.68. The molecular weight excluding hydrogens is 320 g/mol. The van der Waals surface area contributed by atoms with Crippen LogP contribution in [0.4, 0.5) is 0 Å². The fourth-order valence-electron chi connectivity index (χ4n) is 3.95. The summed E-state index contributed by atoms with van der Waals surface area (Å²) >= 11 is 0. The number of nitrogens with one attached hydrogen (secondary N) is 1. The molecule has 2 aromatic carbocycles. The summed E-state index contributed by atoms with van der Waals surface area (Å²) in [6, 6.07) is 22.9. The van der Waals surface area contributed by atoms with Crippen molar-refractivity contribution >= 4 is 43.9 Å². The Hall–Kier alpha value is -3.66. The number of benzene rings is 2. The van der Waals surface area contributed by atoms with Gasteiger partial charge >= 0.3 is 0 Å². The Morgan fingerprint density at radius 3 is 2.54 bits per heavy atom. The first kappa shape index (κ1) is 13.6. The summed E-state index contributed by atoms with van der Waals surface area (Å²) in [7, 11) is 0. The van der Waals surface area contributed by atoms with Crippen molar-refractivity contribution in [2.24, 2.45) is 0 Å². The smallest absolute Gasteiger partial charge is 0.140 e. The number of hydrogen-bond donors (Lipinski definition) is 1. The number of fused-ring (bicyclic) bond motifs is 7. The molecule has 0 saturated heterocycles. The van der Waals surface area contributed by atoms with E-state index in [2.05, 4.69) is 63.1 Å². The van der Waals surface area contributed by atoms with Crippen LogP contribution in [0.5, 0.6) is 0 Å². The second-order valence-electron chi connectivity index (χ2n) is 6.46. The molecule has 0 amide bonds. The number of hydrogen-bond acceptors (Lipinski definition) is 2. The third-order valence-electron chi connectivity index (χ3n) is 5.02. The molecule has 1 N–H and O–H groups in total. The Morgan fingerprint density at radius 1 is 0.769 bits per heavy atom. The standard InChI is InChI=1S/C22H14N4/c1-2-7-14(8-3-1)26-18-11-6-12-23-20(18)16-13-24-22-19(21(16)26)15-9-4-5-10-17(15)25-22/h1-13H,(H,24,25). The number of nitrogens with zero attached hydrogens (tertiary/aromatic N) is 3. The van der Waals surface area contributed by atoms with Crippen LogP contribution in [0, 0.1) is 0 Å². The van der Waals surface area contributed by atoms with Crippen LogP contribution in [0.3, 0.4) is 0 Å². The summed E-state index contributed by atoms with van der Waals surface area (Å²) in [4.78, 5) is 12.8. The van der Waals surface area contributed by atoms with Crippen molar-refractivity contribution in [3.63, 3.8) is 0 Å². The molecule has 4 heteroatoms. The number of rotatable bonds is 1. The molecule has 0 unspecified atom stereocenters. The van der Waals surface area contributed by atoms with Crippen LogP contribution in [0.25, 0.3) is 49.6 Å². The van der Waals surface area contributed by atoms with Crippen molar-refractivity contribution in [3.05, 3.63) is 79.1 Å². The van der Waals surface area contributed by atoms with Gasteiger partial charge in [-0.05, 0) is 30.3 Å². The lowest BCUT2D eigenvalue weighted by Gasteiger charge is -2.08. The fraction of sp³-hybridized carbons (Fsp3) is 0. The molecular formula is C22H14N4. The van der Waals surface area contributed by atoms with Crippen molar-refractivity contribution in [1.29, 1.82) is 0 Å². The molecule has 0 bridgehead atoms. The number of para-hydroxylation sites is 2. The molecule has 0 aliphatic heterocycles. The minimum atomic E-state index is 0.902. The van der Waals surface area contributed by atoms with Crippen LogP contribution in [0.2, 0.25) is 0 Å². The summed E-state index contributed by atoms with van der Waals surface area (Å²) in [5, 5.41) is 3.39. The van der Waals surface area contributed by atoms with Crippen molar-refractivity contribution in [1.82, 2.24) is 19.5 Å². The summed E-state index contributed by atoms with van der Waals surface area (Å²) < 4.78 is 2.29. The molecule has 0 aliphatic rings. The lowest BCUT2D eigenvalue weighted by atomic mass is 10.1. The first-order valence-electron chi connectivity index (χ1n) is 8.62. The number of pyridine rings is 2. The van der Waals surface area contributed by atoms with Gasteiger partial charge in [-0.2, -0.15) is 0 Å². The average Bonchev–Trinajstić information content (AvgIpc) is 3.24. The van der Waals surface area contributed by atoms with Gasteiger partial charge in [-0.25, -0.2) is 4.98 Å². The minimum absolute atomic E-state index is 0.902. The second kappa shape index (κ2) is 4.92. The van der Waals surface area contributed by atoms with Gasteiger partial charge < -0.3 is 9.55 Å². The number of H-pyrrole nitrogens is 1. The van der Waals surface area contributed by atoms with Gasteiger partial charge in [0.2, 0.25) is 0 Å². The second-order valence-corrected chi connectivity index (χ2v) is 6.46. The molecule has 4 heterocycles. The monoisotopic (exact) mass is 334 g/mol. The SMILES string of the molecule is c1ccc(-n2c3cccnc3c3cnc4[nH]c5ccccc5c4c32)cc1. The zero-order valence-electron chi connectivity index (χ0n) is 13.8. The van der Waals surface area contributed by atoms with Crippen molar-refractivity contribution in [2.75, 3.05) is 0 Å². The minimum Gasteiger partial charge on any atom is -0.339 e. The van der Waals surface area contributed by atoms with Crippen molar-refractivity contribution in [2.45, 2.75) is 0 Å². The van der Waals surface area contributed by atoms with E-state index in [4.69, 9.17) is 4.98 Å².